The quantitative estimate of drug-likeness (QED) is 0.762. The first-order valence-electron chi connectivity index (χ1n) is 7.13. The lowest BCUT2D eigenvalue weighted by Crippen LogP contribution is -2.09. The Hall–Kier alpha value is -1.68. The van der Waals surface area contributed by atoms with E-state index in [0.717, 1.165) is 34.3 Å². The van der Waals surface area contributed by atoms with Crippen molar-refractivity contribution >= 4 is 21.9 Å². The van der Waals surface area contributed by atoms with Crippen molar-refractivity contribution < 1.29 is 9.53 Å². The first kappa shape index (κ1) is 14.3. The van der Waals surface area contributed by atoms with E-state index in [1.807, 2.05) is 43.3 Å². The summed E-state index contributed by atoms with van der Waals surface area (Å²) in [6.07, 6.45) is 2.20. The number of ether oxygens (including phenoxy) is 1. The first-order valence-corrected chi connectivity index (χ1v) is 7.92. The van der Waals surface area contributed by atoms with Crippen LogP contribution in [0, 0.1) is 0 Å². The van der Waals surface area contributed by atoms with Crippen LogP contribution in [0.2, 0.25) is 0 Å². The molecule has 0 amide bonds. The van der Waals surface area contributed by atoms with Gasteiger partial charge in [0, 0.05) is 16.0 Å². The van der Waals surface area contributed by atoms with E-state index in [1.54, 1.807) is 0 Å². The molecule has 1 aliphatic carbocycles. The normalized spacial score (nSPS) is 14.0. The Bertz CT molecular complexity index is 663. The molecule has 3 nitrogen and oxygen atoms in total. The summed E-state index contributed by atoms with van der Waals surface area (Å²) in [6.45, 7) is 2.20. The fourth-order valence-corrected chi connectivity index (χ4v) is 2.57. The van der Waals surface area contributed by atoms with Gasteiger partial charge in [-0.05, 0) is 44.0 Å². The molecule has 0 aliphatic heterocycles. The topological polar surface area (TPSA) is 39.2 Å². The van der Waals surface area contributed by atoms with Crippen molar-refractivity contribution in [2.24, 2.45) is 0 Å². The van der Waals surface area contributed by atoms with Crippen molar-refractivity contribution in [3.63, 3.8) is 0 Å². The van der Waals surface area contributed by atoms with Crippen LogP contribution >= 0.6 is 15.9 Å². The van der Waals surface area contributed by atoms with Crippen LogP contribution in [0.1, 0.15) is 41.7 Å². The minimum atomic E-state index is -0.269. The third-order valence-corrected chi connectivity index (χ3v) is 4.05. The lowest BCUT2D eigenvalue weighted by Gasteiger charge is -2.10. The molecule has 1 fully saturated rings. The molecule has 2 aromatic rings. The van der Waals surface area contributed by atoms with Gasteiger partial charge in [0.2, 0.25) is 0 Å². The minimum Gasteiger partial charge on any atom is -0.462 e. The molecule has 0 saturated heterocycles. The molecular weight excluding hydrogens is 330 g/mol. The lowest BCUT2D eigenvalue weighted by atomic mass is 10.1. The summed E-state index contributed by atoms with van der Waals surface area (Å²) in [4.78, 5) is 16.7. The van der Waals surface area contributed by atoms with Crippen molar-refractivity contribution in [3.8, 4) is 11.3 Å². The number of pyridine rings is 1. The minimum absolute atomic E-state index is 0.269. The molecule has 0 unspecified atom stereocenters. The van der Waals surface area contributed by atoms with Crippen LogP contribution in [0.3, 0.4) is 0 Å². The van der Waals surface area contributed by atoms with E-state index < -0.39 is 0 Å². The van der Waals surface area contributed by atoms with Gasteiger partial charge in [0.25, 0.3) is 0 Å². The van der Waals surface area contributed by atoms with E-state index in [1.165, 1.54) is 0 Å². The van der Waals surface area contributed by atoms with E-state index in [2.05, 4.69) is 15.9 Å². The molecule has 1 aliphatic rings. The summed E-state index contributed by atoms with van der Waals surface area (Å²) < 4.78 is 6.16. The predicted octanol–water partition coefficient (Wildman–Crippen LogP) is 4.57. The fraction of sp³-hybridized carbons (Fsp3) is 0.294. The van der Waals surface area contributed by atoms with E-state index in [4.69, 9.17) is 9.72 Å². The van der Waals surface area contributed by atoms with E-state index >= 15 is 0 Å². The maximum atomic E-state index is 12.0. The summed E-state index contributed by atoms with van der Waals surface area (Å²) in [6, 6.07) is 11.8. The summed E-state index contributed by atoms with van der Waals surface area (Å²) in [7, 11) is 0. The number of nitrogens with zero attached hydrogens (tertiary/aromatic N) is 1. The van der Waals surface area contributed by atoms with Crippen molar-refractivity contribution in [2.75, 3.05) is 6.61 Å². The zero-order valence-electron chi connectivity index (χ0n) is 11.8. The number of halogens is 1. The van der Waals surface area contributed by atoms with Crippen molar-refractivity contribution in [2.45, 2.75) is 25.7 Å². The zero-order chi connectivity index (χ0) is 14.8. The highest BCUT2D eigenvalue weighted by molar-refractivity contribution is 9.10. The number of carbonyl (C=O) groups is 1. The number of esters is 1. The third-order valence-electron chi connectivity index (χ3n) is 3.52. The third kappa shape index (κ3) is 3.16. The van der Waals surface area contributed by atoms with Gasteiger partial charge in [-0.15, -0.1) is 0 Å². The molecule has 21 heavy (non-hydrogen) atoms. The summed E-state index contributed by atoms with van der Waals surface area (Å²) >= 11 is 3.43. The van der Waals surface area contributed by atoms with E-state index in [9.17, 15) is 4.79 Å². The van der Waals surface area contributed by atoms with Gasteiger partial charge in [0.1, 0.15) is 0 Å². The molecular formula is C17H16BrNO2. The zero-order valence-corrected chi connectivity index (χ0v) is 13.4. The molecule has 0 spiro atoms. The Morgan fingerprint density at radius 3 is 2.57 bits per heavy atom. The van der Waals surface area contributed by atoms with Crippen LogP contribution in [-0.2, 0) is 4.74 Å². The summed E-state index contributed by atoms with van der Waals surface area (Å²) in [5, 5.41) is 0. The van der Waals surface area contributed by atoms with Crippen molar-refractivity contribution in [1.82, 2.24) is 4.98 Å². The second-order valence-corrected chi connectivity index (χ2v) is 6.05. The maximum absolute atomic E-state index is 12.0. The lowest BCUT2D eigenvalue weighted by molar-refractivity contribution is 0.0524. The molecule has 3 rings (SSSR count). The number of carbonyl (C=O) groups excluding carboxylic acids is 1. The van der Waals surface area contributed by atoms with E-state index in [0.29, 0.717) is 18.1 Å². The Morgan fingerprint density at radius 2 is 1.95 bits per heavy atom. The van der Waals surface area contributed by atoms with Gasteiger partial charge in [0.15, 0.2) is 0 Å². The Morgan fingerprint density at radius 1 is 1.24 bits per heavy atom. The maximum Gasteiger partial charge on any atom is 0.339 e. The fourth-order valence-electron chi connectivity index (χ4n) is 2.31. The second kappa shape index (κ2) is 5.98. The highest BCUT2D eigenvalue weighted by Gasteiger charge is 2.30. The van der Waals surface area contributed by atoms with Crippen LogP contribution in [-0.4, -0.2) is 17.6 Å². The van der Waals surface area contributed by atoms with Gasteiger partial charge >= 0.3 is 5.97 Å². The molecule has 0 bridgehead atoms. The van der Waals surface area contributed by atoms with E-state index in [-0.39, 0.29) is 5.97 Å². The SMILES string of the molecule is CCOC(=O)c1ccc(-c2ccc(Br)cc2)nc1C1CC1. The monoisotopic (exact) mass is 345 g/mol. The number of aromatic nitrogens is 1. The molecule has 1 heterocycles. The number of rotatable bonds is 4. The van der Waals surface area contributed by atoms with Crippen LogP contribution in [0.15, 0.2) is 40.9 Å². The Kier molecular flexibility index (Phi) is 4.06. The molecule has 108 valence electrons. The van der Waals surface area contributed by atoms with Gasteiger partial charge in [-0.3, -0.25) is 4.98 Å². The predicted molar refractivity (Wildman–Crippen MR) is 85.3 cm³/mol. The highest BCUT2D eigenvalue weighted by atomic mass is 79.9. The van der Waals surface area contributed by atoms with Crippen LogP contribution in [0.25, 0.3) is 11.3 Å². The second-order valence-electron chi connectivity index (χ2n) is 5.13. The van der Waals surface area contributed by atoms with Gasteiger partial charge < -0.3 is 4.74 Å². The summed E-state index contributed by atoms with van der Waals surface area (Å²) in [5.74, 6) is 0.133. The van der Waals surface area contributed by atoms with Gasteiger partial charge in [-0.2, -0.15) is 0 Å². The van der Waals surface area contributed by atoms with Crippen molar-refractivity contribution in [3.05, 3.63) is 52.1 Å². The first-order chi connectivity index (χ1) is 10.2. The molecule has 0 radical (unpaired) electrons. The average molecular weight is 346 g/mol. The van der Waals surface area contributed by atoms with Crippen molar-refractivity contribution in [1.29, 1.82) is 0 Å². The van der Waals surface area contributed by atoms with Gasteiger partial charge in [-0.1, -0.05) is 28.1 Å². The molecule has 1 saturated carbocycles. The number of hydrogen-bond donors (Lipinski definition) is 0. The smallest absolute Gasteiger partial charge is 0.339 e. The van der Waals surface area contributed by atoms with Crippen LogP contribution in [0.5, 0.6) is 0 Å². The average Bonchev–Trinajstić information content (AvgIpc) is 3.32. The number of hydrogen-bond acceptors (Lipinski definition) is 3. The Balaban J connectivity index is 1.99. The molecule has 0 N–H and O–H groups in total. The Labute approximate surface area is 132 Å². The molecule has 1 aromatic carbocycles. The molecule has 4 heteroatoms. The molecule has 0 atom stereocenters. The van der Waals surface area contributed by atoms with Gasteiger partial charge in [0.05, 0.1) is 23.6 Å². The number of benzene rings is 1. The molecule has 1 aromatic heterocycles. The van der Waals surface area contributed by atoms with Gasteiger partial charge in [-0.25, -0.2) is 4.79 Å². The highest BCUT2D eigenvalue weighted by Crippen LogP contribution is 2.41. The summed E-state index contributed by atoms with van der Waals surface area (Å²) in [5.41, 5.74) is 3.45. The van der Waals surface area contributed by atoms with Crippen LogP contribution in [0.4, 0.5) is 0 Å². The van der Waals surface area contributed by atoms with Crippen LogP contribution < -0.4 is 0 Å². The largest absolute Gasteiger partial charge is 0.462 e. The standard InChI is InChI=1S/C17H16BrNO2/c1-2-21-17(20)14-9-10-15(19-16(14)12-3-4-12)11-5-7-13(18)8-6-11/h5-10,12H,2-4H2,1H3.